The summed E-state index contributed by atoms with van der Waals surface area (Å²) < 4.78 is 8.49. The summed E-state index contributed by atoms with van der Waals surface area (Å²) in [6, 6.07) is 5.54. The molecule has 0 radical (unpaired) electrons. The molecule has 6 heteroatoms. The van der Waals surface area contributed by atoms with E-state index in [1.165, 1.54) is 0 Å². The molecule has 1 aromatic heterocycles. The summed E-state index contributed by atoms with van der Waals surface area (Å²) in [5.41, 5.74) is 2.87. The first-order valence-electron chi connectivity index (χ1n) is 5.68. The third kappa shape index (κ3) is 3.25. The van der Waals surface area contributed by atoms with Crippen LogP contribution in [0.1, 0.15) is 17.0 Å². The van der Waals surface area contributed by atoms with Gasteiger partial charge in [-0.3, -0.25) is 4.68 Å². The van der Waals surface area contributed by atoms with Crippen LogP contribution in [0.3, 0.4) is 0 Å². The number of benzene rings is 1. The molecule has 0 unspecified atom stereocenters. The SMILES string of the molecule is Cc1nn(C)c(COc2ccc(CCl)cc2Cl)c1Br. The highest BCUT2D eigenvalue weighted by Crippen LogP contribution is 2.28. The van der Waals surface area contributed by atoms with E-state index in [-0.39, 0.29) is 0 Å². The lowest BCUT2D eigenvalue weighted by Crippen LogP contribution is -2.04. The molecule has 0 atom stereocenters. The van der Waals surface area contributed by atoms with E-state index < -0.39 is 0 Å². The van der Waals surface area contributed by atoms with Gasteiger partial charge in [-0.2, -0.15) is 5.10 Å². The van der Waals surface area contributed by atoms with E-state index in [1.807, 2.05) is 32.2 Å². The number of aromatic nitrogens is 2. The number of halogens is 3. The molecule has 19 heavy (non-hydrogen) atoms. The van der Waals surface area contributed by atoms with Crippen LogP contribution in [0.15, 0.2) is 22.7 Å². The zero-order chi connectivity index (χ0) is 14.0. The number of rotatable bonds is 4. The maximum atomic E-state index is 6.14. The van der Waals surface area contributed by atoms with E-state index in [0.717, 1.165) is 21.4 Å². The maximum absolute atomic E-state index is 6.14. The van der Waals surface area contributed by atoms with Crippen molar-refractivity contribution in [1.82, 2.24) is 9.78 Å². The fraction of sp³-hybridized carbons (Fsp3) is 0.308. The van der Waals surface area contributed by atoms with E-state index in [2.05, 4.69) is 21.0 Å². The van der Waals surface area contributed by atoms with Crippen LogP contribution in [0.2, 0.25) is 5.02 Å². The van der Waals surface area contributed by atoms with Gasteiger partial charge in [0.2, 0.25) is 0 Å². The fourth-order valence-electron chi connectivity index (χ4n) is 1.73. The Balaban J connectivity index is 2.14. The van der Waals surface area contributed by atoms with Crippen molar-refractivity contribution in [1.29, 1.82) is 0 Å². The van der Waals surface area contributed by atoms with E-state index in [9.17, 15) is 0 Å². The Kier molecular flexibility index (Phi) is 4.76. The average Bonchev–Trinajstić information content (AvgIpc) is 2.62. The van der Waals surface area contributed by atoms with Gasteiger partial charge in [0.15, 0.2) is 0 Å². The third-order valence-electron chi connectivity index (χ3n) is 2.78. The minimum atomic E-state index is 0.401. The highest BCUT2D eigenvalue weighted by atomic mass is 79.9. The van der Waals surface area contributed by atoms with Crippen molar-refractivity contribution in [2.24, 2.45) is 7.05 Å². The van der Waals surface area contributed by atoms with E-state index >= 15 is 0 Å². The second kappa shape index (κ2) is 6.16. The van der Waals surface area contributed by atoms with Crippen LogP contribution in [0.5, 0.6) is 5.75 Å². The van der Waals surface area contributed by atoms with Gasteiger partial charge >= 0.3 is 0 Å². The molecule has 0 N–H and O–H groups in total. The summed E-state index contributed by atoms with van der Waals surface area (Å²) in [7, 11) is 1.88. The van der Waals surface area contributed by atoms with Crippen LogP contribution in [0.25, 0.3) is 0 Å². The average molecular weight is 364 g/mol. The summed E-state index contributed by atoms with van der Waals surface area (Å²) in [4.78, 5) is 0. The molecule has 0 saturated carbocycles. The molecule has 2 rings (SSSR count). The molecule has 2 aromatic rings. The summed E-state index contributed by atoms with van der Waals surface area (Å²) in [6.07, 6.45) is 0. The number of ether oxygens (including phenoxy) is 1. The monoisotopic (exact) mass is 362 g/mol. The van der Waals surface area contributed by atoms with Gasteiger partial charge in [-0.05, 0) is 40.5 Å². The second-order valence-electron chi connectivity index (χ2n) is 4.16. The van der Waals surface area contributed by atoms with Gasteiger partial charge < -0.3 is 4.74 Å². The molecule has 0 aliphatic carbocycles. The maximum Gasteiger partial charge on any atom is 0.138 e. The van der Waals surface area contributed by atoms with Crippen LogP contribution in [-0.2, 0) is 19.5 Å². The summed E-state index contributed by atoms with van der Waals surface area (Å²) in [5.74, 6) is 1.08. The van der Waals surface area contributed by atoms with Crippen LogP contribution in [0, 0.1) is 6.92 Å². The highest BCUT2D eigenvalue weighted by Gasteiger charge is 2.12. The quantitative estimate of drug-likeness (QED) is 0.749. The topological polar surface area (TPSA) is 27.1 Å². The van der Waals surface area contributed by atoms with Crippen LogP contribution in [-0.4, -0.2) is 9.78 Å². The molecular weight excluding hydrogens is 351 g/mol. The van der Waals surface area contributed by atoms with Crippen molar-refractivity contribution in [2.45, 2.75) is 19.4 Å². The summed E-state index contributed by atoms with van der Waals surface area (Å²) in [5, 5.41) is 4.88. The Hall–Kier alpha value is -0.710. The molecule has 0 spiro atoms. The molecule has 1 heterocycles. The first-order valence-corrected chi connectivity index (χ1v) is 7.38. The van der Waals surface area contributed by atoms with Crippen LogP contribution in [0.4, 0.5) is 0 Å². The molecule has 3 nitrogen and oxygen atoms in total. The molecule has 0 bridgehead atoms. The second-order valence-corrected chi connectivity index (χ2v) is 5.62. The smallest absolute Gasteiger partial charge is 0.138 e. The largest absolute Gasteiger partial charge is 0.486 e. The molecule has 102 valence electrons. The Morgan fingerprint density at radius 2 is 2.16 bits per heavy atom. The van der Waals surface area contributed by atoms with Crippen molar-refractivity contribution in [3.05, 3.63) is 44.6 Å². The zero-order valence-corrected chi connectivity index (χ0v) is 13.7. The van der Waals surface area contributed by atoms with Gasteiger partial charge in [-0.1, -0.05) is 17.7 Å². The lowest BCUT2D eigenvalue weighted by atomic mass is 10.2. The first-order chi connectivity index (χ1) is 9.02. The highest BCUT2D eigenvalue weighted by molar-refractivity contribution is 9.10. The number of nitrogens with zero attached hydrogens (tertiary/aromatic N) is 2. The molecule has 0 amide bonds. The van der Waals surface area contributed by atoms with Gasteiger partial charge in [-0.15, -0.1) is 11.6 Å². The number of hydrogen-bond acceptors (Lipinski definition) is 2. The van der Waals surface area contributed by atoms with Crippen molar-refractivity contribution in [3.8, 4) is 5.75 Å². The Morgan fingerprint density at radius 1 is 1.42 bits per heavy atom. The number of hydrogen-bond donors (Lipinski definition) is 0. The molecule has 0 saturated heterocycles. The van der Waals surface area contributed by atoms with Gasteiger partial charge in [0.1, 0.15) is 12.4 Å². The zero-order valence-electron chi connectivity index (χ0n) is 10.6. The first kappa shape index (κ1) is 14.7. The van der Waals surface area contributed by atoms with Gasteiger partial charge in [-0.25, -0.2) is 0 Å². The lowest BCUT2D eigenvalue weighted by Gasteiger charge is -2.09. The van der Waals surface area contributed by atoms with Gasteiger partial charge in [0, 0.05) is 12.9 Å². The van der Waals surface area contributed by atoms with E-state index in [0.29, 0.717) is 23.3 Å². The number of alkyl halides is 1. The van der Waals surface area contributed by atoms with Crippen LogP contribution >= 0.6 is 39.1 Å². The molecular formula is C13H13BrCl2N2O. The minimum absolute atomic E-state index is 0.401. The van der Waals surface area contributed by atoms with E-state index in [1.54, 1.807) is 4.68 Å². The summed E-state index contributed by atoms with van der Waals surface area (Å²) >= 11 is 15.4. The van der Waals surface area contributed by atoms with Crippen LogP contribution < -0.4 is 4.74 Å². The van der Waals surface area contributed by atoms with Crippen molar-refractivity contribution in [2.75, 3.05) is 0 Å². The van der Waals surface area contributed by atoms with Crippen molar-refractivity contribution in [3.63, 3.8) is 0 Å². The molecule has 1 aromatic carbocycles. The van der Waals surface area contributed by atoms with Crippen molar-refractivity contribution >= 4 is 39.1 Å². The predicted octanol–water partition coefficient (Wildman–Crippen LogP) is 4.46. The lowest BCUT2D eigenvalue weighted by molar-refractivity contribution is 0.294. The van der Waals surface area contributed by atoms with Gasteiger partial charge in [0.25, 0.3) is 0 Å². The Morgan fingerprint density at radius 3 is 2.68 bits per heavy atom. The van der Waals surface area contributed by atoms with Crippen molar-refractivity contribution < 1.29 is 4.74 Å². The fourth-order valence-corrected chi connectivity index (χ4v) is 2.60. The van der Waals surface area contributed by atoms with Gasteiger partial charge in [0.05, 0.1) is 20.9 Å². The minimum Gasteiger partial charge on any atom is -0.486 e. The standard InChI is InChI=1S/C13H13BrCl2N2O/c1-8-13(14)11(18(2)17-8)7-19-12-4-3-9(6-15)5-10(12)16/h3-5H,6-7H2,1-2H3. The Bertz CT molecular complexity index is 599. The molecule has 0 aliphatic heterocycles. The number of aryl methyl sites for hydroxylation is 2. The Labute approximate surface area is 130 Å². The molecule has 0 aliphatic rings. The van der Waals surface area contributed by atoms with E-state index in [4.69, 9.17) is 27.9 Å². The summed E-state index contributed by atoms with van der Waals surface area (Å²) in [6.45, 7) is 2.34. The third-order valence-corrected chi connectivity index (χ3v) is 4.41. The normalized spacial score (nSPS) is 10.8. The molecule has 0 fully saturated rings. The predicted molar refractivity (Wildman–Crippen MR) is 81.0 cm³/mol.